The van der Waals surface area contributed by atoms with Gasteiger partial charge in [0.25, 0.3) is 0 Å². The van der Waals surface area contributed by atoms with E-state index in [0.29, 0.717) is 6.54 Å². The third-order valence-electron chi connectivity index (χ3n) is 6.84. The lowest BCUT2D eigenvalue weighted by atomic mass is 9.74. The molecule has 1 saturated heterocycles. The number of hydrogen-bond acceptors (Lipinski definition) is 4. The summed E-state index contributed by atoms with van der Waals surface area (Å²) in [7, 11) is 0. The molecule has 0 unspecified atom stereocenters. The molecule has 35 heavy (non-hydrogen) atoms. The Bertz CT molecular complexity index is 1050. The van der Waals surface area contributed by atoms with Crippen LogP contribution in [-0.2, 0) is 14.9 Å². The van der Waals surface area contributed by atoms with Gasteiger partial charge in [-0.25, -0.2) is 4.79 Å². The van der Waals surface area contributed by atoms with E-state index in [4.69, 9.17) is 4.74 Å². The zero-order chi connectivity index (χ0) is 24.9. The van der Waals surface area contributed by atoms with E-state index in [0.717, 1.165) is 44.6 Å². The van der Waals surface area contributed by atoms with Gasteiger partial charge in [-0.3, -0.25) is 4.79 Å². The molecule has 1 heterocycles. The summed E-state index contributed by atoms with van der Waals surface area (Å²) in [5.74, 6) is -0.146. The minimum absolute atomic E-state index is 0.0955. The second-order valence-corrected chi connectivity index (χ2v) is 10.5. The highest BCUT2D eigenvalue weighted by atomic mass is 16.6. The van der Waals surface area contributed by atoms with E-state index < -0.39 is 11.7 Å². The molecule has 186 valence electrons. The van der Waals surface area contributed by atoms with E-state index in [-0.39, 0.29) is 17.9 Å². The average Bonchev–Trinajstić information content (AvgIpc) is 3.19. The number of carbonyl (C=O) groups excluding carboxylic acids is 2. The van der Waals surface area contributed by atoms with Crippen LogP contribution in [0, 0.1) is 0 Å². The summed E-state index contributed by atoms with van der Waals surface area (Å²) in [6, 6.07) is 18.4. The normalized spacial score (nSPS) is 16.7. The highest BCUT2D eigenvalue weighted by Gasteiger charge is 2.37. The Labute approximate surface area is 208 Å². The minimum atomic E-state index is -0.602. The zero-order valence-electron chi connectivity index (χ0n) is 21.1. The molecule has 0 aromatic heterocycles. The first-order valence-electron chi connectivity index (χ1n) is 12.6. The summed E-state index contributed by atoms with van der Waals surface area (Å²) in [6.07, 6.45) is 7.22. The fourth-order valence-corrected chi connectivity index (χ4v) is 5.06. The Kier molecular flexibility index (Phi) is 7.60. The molecule has 2 aromatic carbocycles. The number of likely N-dealkylation sites (tertiary alicyclic amines) is 1. The Hall–Kier alpha value is -3.12. The molecule has 6 heteroatoms. The first kappa shape index (κ1) is 25.0. The van der Waals surface area contributed by atoms with Crippen LogP contribution in [0.5, 0.6) is 0 Å². The summed E-state index contributed by atoms with van der Waals surface area (Å²) in [4.78, 5) is 29.3. The standard InChI is InChI=1S/C29H37N3O3/c1-28(2,3)35-27(34)30-22-26(33)32(24-11-5-4-6-12-24)19-9-18-31-20-16-29(17-21-31)15-14-23-10-7-8-13-25(23)29/h4-8,10-15H,9,16-22H2,1-3H3,(H,30,34). The highest BCUT2D eigenvalue weighted by Crippen LogP contribution is 2.43. The van der Waals surface area contributed by atoms with Crippen LogP contribution in [0.1, 0.15) is 51.2 Å². The molecule has 2 aliphatic rings. The molecule has 1 aliphatic carbocycles. The number of para-hydroxylation sites is 1. The zero-order valence-corrected chi connectivity index (χ0v) is 21.1. The molecular formula is C29H37N3O3. The summed E-state index contributed by atoms with van der Waals surface area (Å²) >= 11 is 0. The lowest BCUT2D eigenvalue weighted by molar-refractivity contribution is -0.117. The number of nitrogens with one attached hydrogen (secondary N) is 1. The fourth-order valence-electron chi connectivity index (χ4n) is 5.06. The number of hydrogen-bond donors (Lipinski definition) is 1. The molecule has 1 spiro atoms. The first-order chi connectivity index (χ1) is 16.8. The molecular weight excluding hydrogens is 438 g/mol. The fraction of sp³-hybridized carbons (Fsp3) is 0.448. The van der Waals surface area contributed by atoms with Crippen LogP contribution in [0.25, 0.3) is 6.08 Å². The number of ether oxygens (including phenoxy) is 1. The molecule has 2 amide bonds. The number of piperidine rings is 1. The number of alkyl carbamates (subject to hydrolysis) is 1. The first-order valence-corrected chi connectivity index (χ1v) is 12.6. The van der Waals surface area contributed by atoms with Crippen molar-refractivity contribution in [1.29, 1.82) is 0 Å². The number of carbonyl (C=O) groups is 2. The van der Waals surface area contributed by atoms with E-state index in [9.17, 15) is 9.59 Å². The summed E-state index contributed by atoms with van der Waals surface area (Å²) in [6.45, 7) is 8.96. The number of anilines is 1. The predicted molar refractivity (Wildman–Crippen MR) is 140 cm³/mol. The molecule has 1 aliphatic heterocycles. The maximum atomic E-state index is 13.0. The van der Waals surface area contributed by atoms with E-state index in [1.807, 2.05) is 30.3 Å². The van der Waals surface area contributed by atoms with Crippen molar-refractivity contribution >= 4 is 23.8 Å². The van der Waals surface area contributed by atoms with Gasteiger partial charge >= 0.3 is 6.09 Å². The minimum Gasteiger partial charge on any atom is -0.444 e. The van der Waals surface area contributed by atoms with E-state index in [1.165, 1.54) is 11.1 Å². The molecule has 0 radical (unpaired) electrons. The summed E-state index contributed by atoms with van der Waals surface area (Å²) < 4.78 is 5.26. The van der Waals surface area contributed by atoms with Crippen LogP contribution in [0.3, 0.4) is 0 Å². The van der Waals surface area contributed by atoms with Gasteiger partial charge in [-0.15, -0.1) is 0 Å². The Balaban J connectivity index is 1.29. The predicted octanol–water partition coefficient (Wildman–Crippen LogP) is 5.00. The lowest BCUT2D eigenvalue weighted by Gasteiger charge is -2.39. The van der Waals surface area contributed by atoms with Crippen molar-refractivity contribution in [3.8, 4) is 0 Å². The monoisotopic (exact) mass is 475 g/mol. The van der Waals surface area contributed by atoms with Crippen molar-refractivity contribution in [1.82, 2.24) is 10.2 Å². The van der Waals surface area contributed by atoms with Gasteiger partial charge in [0.15, 0.2) is 0 Å². The molecule has 0 saturated carbocycles. The largest absolute Gasteiger partial charge is 0.444 e. The number of rotatable bonds is 7. The van der Waals surface area contributed by atoms with Gasteiger partial charge < -0.3 is 19.9 Å². The Morgan fingerprint density at radius 2 is 1.71 bits per heavy atom. The van der Waals surface area contributed by atoms with Crippen LogP contribution in [0.4, 0.5) is 10.5 Å². The molecule has 4 rings (SSSR count). The third kappa shape index (κ3) is 6.31. The van der Waals surface area contributed by atoms with Gasteiger partial charge in [0.1, 0.15) is 12.1 Å². The SMILES string of the molecule is CC(C)(C)OC(=O)NCC(=O)N(CCCN1CCC2(C=Cc3ccccc32)CC1)c1ccccc1. The second kappa shape index (κ2) is 10.6. The van der Waals surface area contributed by atoms with Gasteiger partial charge in [-0.2, -0.15) is 0 Å². The molecule has 0 atom stereocenters. The van der Waals surface area contributed by atoms with Crippen LogP contribution >= 0.6 is 0 Å². The van der Waals surface area contributed by atoms with E-state index >= 15 is 0 Å². The number of benzene rings is 2. The third-order valence-corrected chi connectivity index (χ3v) is 6.84. The van der Waals surface area contributed by atoms with Gasteiger partial charge in [0.05, 0.1) is 0 Å². The second-order valence-electron chi connectivity index (χ2n) is 10.5. The number of amides is 2. The Morgan fingerprint density at radius 1 is 1.03 bits per heavy atom. The van der Waals surface area contributed by atoms with Crippen molar-refractivity contribution in [2.75, 3.05) is 37.6 Å². The van der Waals surface area contributed by atoms with Crippen molar-refractivity contribution in [2.24, 2.45) is 0 Å². The van der Waals surface area contributed by atoms with Crippen molar-refractivity contribution in [3.63, 3.8) is 0 Å². The van der Waals surface area contributed by atoms with Crippen molar-refractivity contribution < 1.29 is 14.3 Å². The number of allylic oxidation sites excluding steroid dienone is 1. The smallest absolute Gasteiger partial charge is 0.408 e. The maximum Gasteiger partial charge on any atom is 0.408 e. The lowest BCUT2D eigenvalue weighted by Crippen LogP contribution is -2.44. The summed E-state index contributed by atoms with van der Waals surface area (Å²) in [5, 5.41) is 2.60. The van der Waals surface area contributed by atoms with Crippen molar-refractivity contribution in [3.05, 3.63) is 71.8 Å². The highest BCUT2D eigenvalue weighted by molar-refractivity contribution is 5.96. The van der Waals surface area contributed by atoms with E-state index in [1.54, 1.807) is 25.7 Å². The maximum absolute atomic E-state index is 13.0. The van der Waals surface area contributed by atoms with Gasteiger partial charge in [0, 0.05) is 17.6 Å². The quantitative estimate of drug-likeness (QED) is 0.613. The average molecular weight is 476 g/mol. The van der Waals surface area contributed by atoms with Crippen LogP contribution in [0.2, 0.25) is 0 Å². The molecule has 1 N–H and O–H groups in total. The summed E-state index contributed by atoms with van der Waals surface area (Å²) in [5.41, 5.74) is 3.26. The number of fused-ring (bicyclic) bond motifs is 2. The van der Waals surface area contributed by atoms with Crippen molar-refractivity contribution in [2.45, 2.75) is 51.0 Å². The van der Waals surface area contributed by atoms with Crippen LogP contribution in [0.15, 0.2) is 60.7 Å². The number of nitrogens with zero attached hydrogens (tertiary/aromatic N) is 2. The molecule has 1 fully saturated rings. The van der Waals surface area contributed by atoms with Gasteiger partial charge in [-0.05, 0) is 82.9 Å². The van der Waals surface area contributed by atoms with Gasteiger partial charge in [-0.1, -0.05) is 54.6 Å². The van der Waals surface area contributed by atoms with Crippen LogP contribution < -0.4 is 10.2 Å². The van der Waals surface area contributed by atoms with Crippen LogP contribution in [-0.4, -0.2) is 55.2 Å². The molecule has 6 nitrogen and oxygen atoms in total. The van der Waals surface area contributed by atoms with Gasteiger partial charge in [0.2, 0.25) is 5.91 Å². The van der Waals surface area contributed by atoms with E-state index in [2.05, 4.69) is 46.6 Å². The molecule has 0 bridgehead atoms. The Morgan fingerprint density at radius 3 is 2.43 bits per heavy atom. The molecule has 2 aromatic rings. The topological polar surface area (TPSA) is 61.9 Å².